The number of carbonyl (C=O) groups excluding carboxylic acids is 1. The van der Waals surface area contributed by atoms with E-state index < -0.39 is 0 Å². The number of carbonyl (C=O) groups is 1. The van der Waals surface area contributed by atoms with Crippen LogP contribution in [0.4, 0.5) is 10.5 Å². The van der Waals surface area contributed by atoms with Crippen molar-refractivity contribution in [2.75, 3.05) is 5.32 Å². The molecule has 164 valence electrons. The number of benzene rings is 2. The molecule has 0 aliphatic carbocycles. The van der Waals surface area contributed by atoms with E-state index >= 15 is 0 Å². The summed E-state index contributed by atoms with van der Waals surface area (Å²) < 4.78 is 2.18. The van der Waals surface area contributed by atoms with Gasteiger partial charge in [0, 0.05) is 35.2 Å². The molecule has 0 saturated carbocycles. The topological polar surface area (TPSA) is 37.3 Å². The van der Waals surface area contributed by atoms with Crippen LogP contribution < -0.4 is 5.32 Å². The summed E-state index contributed by atoms with van der Waals surface area (Å²) in [6.07, 6.45) is 2.05. The van der Waals surface area contributed by atoms with Crippen molar-refractivity contribution in [1.29, 1.82) is 0 Å². The number of anilines is 1. The SMILES string of the molecule is Cc1cccc(NC(=O)N(Cc2cccn2Cc2cccc(Cl)c2)C(C)C(C)C)c1C. The van der Waals surface area contributed by atoms with Gasteiger partial charge in [-0.15, -0.1) is 0 Å². The van der Waals surface area contributed by atoms with E-state index in [0.717, 1.165) is 33.1 Å². The minimum absolute atomic E-state index is 0.0783. The highest BCUT2D eigenvalue weighted by molar-refractivity contribution is 6.30. The van der Waals surface area contributed by atoms with E-state index in [4.69, 9.17) is 11.6 Å². The van der Waals surface area contributed by atoms with Gasteiger partial charge in [-0.1, -0.05) is 49.7 Å². The van der Waals surface area contributed by atoms with Gasteiger partial charge in [-0.05, 0) is 73.7 Å². The lowest BCUT2D eigenvalue weighted by Gasteiger charge is -2.32. The Balaban J connectivity index is 1.83. The molecule has 0 spiro atoms. The molecular formula is C26H32ClN3O. The maximum Gasteiger partial charge on any atom is 0.322 e. The highest BCUT2D eigenvalue weighted by atomic mass is 35.5. The quantitative estimate of drug-likeness (QED) is 0.429. The Kier molecular flexibility index (Phi) is 7.45. The summed E-state index contributed by atoms with van der Waals surface area (Å²) in [6, 6.07) is 18.0. The fourth-order valence-electron chi connectivity index (χ4n) is 3.59. The number of nitrogens with zero attached hydrogens (tertiary/aromatic N) is 2. The predicted octanol–water partition coefficient (Wildman–Crippen LogP) is 6.89. The molecule has 3 aromatic rings. The van der Waals surface area contributed by atoms with Crippen LogP contribution in [-0.2, 0) is 13.1 Å². The van der Waals surface area contributed by atoms with E-state index in [-0.39, 0.29) is 12.1 Å². The maximum absolute atomic E-state index is 13.4. The van der Waals surface area contributed by atoms with Gasteiger partial charge in [-0.2, -0.15) is 0 Å². The monoisotopic (exact) mass is 437 g/mol. The lowest BCUT2D eigenvalue weighted by molar-refractivity contribution is 0.168. The van der Waals surface area contributed by atoms with E-state index in [1.165, 1.54) is 0 Å². The number of aromatic nitrogens is 1. The van der Waals surface area contributed by atoms with Gasteiger partial charge in [0.2, 0.25) is 0 Å². The second kappa shape index (κ2) is 10.1. The average molecular weight is 438 g/mol. The van der Waals surface area contributed by atoms with E-state index in [9.17, 15) is 4.79 Å². The Morgan fingerprint density at radius 2 is 1.81 bits per heavy atom. The molecule has 2 amide bonds. The summed E-state index contributed by atoms with van der Waals surface area (Å²) in [5.41, 5.74) is 5.34. The van der Waals surface area contributed by atoms with Crippen molar-refractivity contribution in [1.82, 2.24) is 9.47 Å². The van der Waals surface area contributed by atoms with Crippen LogP contribution in [0.2, 0.25) is 5.02 Å². The standard InChI is InChI=1S/C26H32ClN3O/c1-18(2)21(5)30(26(31)28-25-13-6-9-19(3)20(25)4)17-24-12-8-14-29(24)16-22-10-7-11-23(27)15-22/h6-15,18,21H,16-17H2,1-5H3,(H,28,31). The lowest BCUT2D eigenvalue weighted by atomic mass is 10.0. The fourth-order valence-corrected chi connectivity index (χ4v) is 3.80. The zero-order chi connectivity index (χ0) is 22.5. The van der Waals surface area contributed by atoms with Crippen molar-refractivity contribution in [3.8, 4) is 0 Å². The summed E-state index contributed by atoms with van der Waals surface area (Å²) in [5.74, 6) is 0.334. The average Bonchev–Trinajstić information content (AvgIpc) is 3.15. The second-order valence-corrected chi connectivity index (χ2v) is 8.98. The van der Waals surface area contributed by atoms with Gasteiger partial charge in [0.25, 0.3) is 0 Å². The van der Waals surface area contributed by atoms with Crippen molar-refractivity contribution >= 4 is 23.3 Å². The number of hydrogen-bond acceptors (Lipinski definition) is 1. The Morgan fingerprint density at radius 1 is 1.06 bits per heavy atom. The molecule has 0 bridgehead atoms. The molecule has 2 aromatic carbocycles. The van der Waals surface area contributed by atoms with Gasteiger partial charge in [0.15, 0.2) is 0 Å². The molecule has 5 heteroatoms. The van der Waals surface area contributed by atoms with Crippen LogP contribution in [0.25, 0.3) is 0 Å². The van der Waals surface area contributed by atoms with Crippen LogP contribution in [0.1, 0.15) is 43.2 Å². The van der Waals surface area contributed by atoms with Crippen molar-refractivity contribution in [3.63, 3.8) is 0 Å². The van der Waals surface area contributed by atoms with E-state index in [2.05, 4.69) is 62.0 Å². The molecule has 31 heavy (non-hydrogen) atoms. The number of halogens is 1. The third kappa shape index (κ3) is 5.71. The van der Waals surface area contributed by atoms with E-state index in [0.29, 0.717) is 19.0 Å². The highest BCUT2D eigenvalue weighted by Crippen LogP contribution is 2.22. The first-order valence-corrected chi connectivity index (χ1v) is 11.2. The summed E-state index contributed by atoms with van der Waals surface area (Å²) in [5, 5.41) is 3.87. The first-order chi connectivity index (χ1) is 14.8. The Labute approximate surface area is 190 Å². The van der Waals surface area contributed by atoms with Gasteiger partial charge < -0.3 is 14.8 Å². The van der Waals surface area contributed by atoms with Gasteiger partial charge in [-0.25, -0.2) is 4.79 Å². The van der Waals surface area contributed by atoms with Gasteiger partial charge in [0.1, 0.15) is 0 Å². The summed E-state index contributed by atoms with van der Waals surface area (Å²) in [7, 11) is 0. The summed E-state index contributed by atoms with van der Waals surface area (Å²) in [4.78, 5) is 15.3. The minimum atomic E-state index is -0.0783. The smallest absolute Gasteiger partial charge is 0.322 e. The second-order valence-electron chi connectivity index (χ2n) is 8.55. The molecule has 4 nitrogen and oxygen atoms in total. The summed E-state index contributed by atoms with van der Waals surface area (Å²) >= 11 is 6.16. The van der Waals surface area contributed by atoms with Crippen molar-refractivity contribution in [3.05, 3.63) is 88.2 Å². The minimum Gasteiger partial charge on any atom is -0.345 e. The predicted molar refractivity (Wildman–Crippen MR) is 130 cm³/mol. The third-order valence-electron chi connectivity index (χ3n) is 6.06. The van der Waals surface area contributed by atoms with Gasteiger partial charge >= 0.3 is 6.03 Å². The third-order valence-corrected chi connectivity index (χ3v) is 6.30. The van der Waals surface area contributed by atoms with Crippen LogP contribution in [0.3, 0.4) is 0 Å². The lowest BCUT2D eigenvalue weighted by Crippen LogP contribution is -2.43. The number of rotatable bonds is 7. The summed E-state index contributed by atoms with van der Waals surface area (Å²) in [6.45, 7) is 11.7. The zero-order valence-electron chi connectivity index (χ0n) is 19.0. The van der Waals surface area contributed by atoms with E-state index in [1.807, 2.05) is 48.2 Å². The molecule has 0 saturated heterocycles. The van der Waals surface area contributed by atoms with Crippen LogP contribution in [-0.4, -0.2) is 21.5 Å². The molecule has 3 rings (SSSR count). The highest BCUT2D eigenvalue weighted by Gasteiger charge is 2.24. The number of nitrogens with one attached hydrogen (secondary N) is 1. The number of amides is 2. The molecule has 1 atom stereocenters. The molecule has 0 fully saturated rings. The molecule has 1 unspecified atom stereocenters. The van der Waals surface area contributed by atoms with E-state index in [1.54, 1.807) is 0 Å². The largest absolute Gasteiger partial charge is 0.345 e. The molecule has 0 aliphatic rings. The number of aryl methyl sites for hydroxylation is 1. The van der Waals surface area contributed by atoms with Crippen molar-refractivity contribution < 1.29 is 4.79 Å². The van der Waals surface area contributed by atoms with Crippen LogP contribution >= 0.6 is 11.6 Å². The Bertz CT molecular complexity index is 1040. The first kappa shape index (κ1) is 23.0. The molecule has 1 heterocycles. The van der Waals surface area contributed by atoms with Crippen LogP contribution in [0, 0.1) is 19.8 Å². The molecule has 1 N–H and O–H groups in total. The van der Waals surface area contributed by atoms with Crippen molar-refractivity contribution in [2.24, 2.45) is 5.92 Å². The fraction of sp³-hybridized carbons (Fsp3) is 0.346. The van der Waals surface area contributed by atoms with Crippen LogP contribution in [0.5, 0.6) is 0 Å². The Hall–Kier alpha value is -2.72. The normalized spacial score (nSPS) is 12.1. The molecular weight excluding hydrogens is 406 g/mol. The number of hydrogen-bond donors (Lipinski definition) is 1. The Morgan fingerprint density at radius 3 is 2.52 bits per heavy atom. The van der Waals surface area contributed by atoms with Crippen LogP contribution in [0.15, 0.2) is 60.8 Å². The van der Waals surface area contributed by atoms with Gasteiger partial charge in [0.05, 0.1) is 6.54 Å². The molecule has 0 radical (unpaired) electrons. The maximum atomic E-state index is 13.4. The van der Waals surface area contributed by atoms with Gasteiger partial charge in [-0.3, -0.25) is 0 Å². The zero-order valence-corrected chi connectivity index (χ0v) is 19.8. The molecule has 1 aromatic heterocycles. The molecule has 0 aliphatic heterocycles. The van der Waals surface area contributed by atoms with Crippen molar-refractivity contribution in [2.45, 2.75) is 53.8 Å². The number of urea groups is 1. The first-order valence-electron chi connectivity index (χ1n) is 10.8.